The summed E-state index contributed by atoms with van der Waals surface area (Å²) in [6.45, 7) is 0.389. The van der Waals surface area contributed by atoms with Gasteiger partial charge in [0.1, 0.15) is 23.5 Å². The highest BCUT2D eigenvalue weighted by Gasteiger charge is 2.30. The van der Waals surface area contributed by atoms with Gasteiger partial charge in [0.25, 0.3) is 0 Å². The van der Waals surface area contributed by atoms with Crippen molar-refractivity contribution < 1.29 is 13.9 Å². The Morgan fingerprint density at radius 3 is 2.88 bits per heavy atom. The molecule has 1 aliphatic carbocycles. The first-order valence-corrected chi connectivity index (χ1v) is 8.10. The van der Waals surface area contributed by atoms with Crippen LogP contribution in [0, 0.1) is 11.7 Å². The molecule has 0 radical (unpaired) electrons. The minimum atomic E-state index is -0.309. The molecule has 1 amide bonds. The molecule has 2 aliphatic rings. The van der Waals surface area contributed by atoms with Gasteiger partial charge in [-0.3, -0.25) is 4.79 Å². The zero-order valence-corrected chi connectivity index (χ0v) is 13.1. The average molecular weight is 327 g/mol. The number of pyridine rings is 1. The molecule has 1 atom stereocenters. The van der Waals surface area contributed by atoms with E-state index in [4.69, 9.17) is 10.5 Å². The predicted octanol–water partition coefficient (Wildman–Crippen LogP) is 2.50. The Hall–Kier alpha value is -2.47. The number of fused-ring (bicyclic) bond motifs is 1. The van der Waals surface area contributed by atoms with Crippen molar-refractivity contribution >= 4 is 11.7 Å². The van der Waals surface area contributed by atoms with E-state index in [0.29, 0.717) is 30.1 Å². The fourth-order valence-electron chi connectivity index (χ4n) is 2.94. The maximum absolute atomic E-state index is 13.9. The van der Waals surface area contributed by atoms with Crippen LogP contribution >= 0.6 is 0 Å². The summed E-state index contributed by atoms with van der Waals surface area (Å²) in [6.07, 6.45) is 4.00. The second kappa shape index (κ2) is 5.87. The highest BCUT2D eigenvalue weighted by atomic mass is 19.1. The molecule has 2 aromatic rings. The zero-order valence-electron chi connectivity index (χ0n) is 13.1. The minimum Gasteiger partial charge on any atom is -0.488 e. The van der Waals surface area contributed by atoms with Gasteiger partial charge >= 0.3 is 0 Å². The maximum Gasteiger partial charge on any atom is 0.228 e. The smallest absolute Gasteiger partial charge is 0.228 e. The summed E-state index contributed by atoms with van der Waals surface area (Å²) in [7, 11) is 0. The topological polar surface area (TPSA) is 77.2 Å². The average Bonchev–Trinajstić information content (AvgIpc) is 3.35. The molecule has 4 rings (SSSR count). The summed E-state index contributed by atoms with van der Waals surface area (Å²) in [5.74, 6) is 1.000. The Bertz CT molecular complexity index is 788. The van der Waals surface area contributed by atoms with Crippen molar-refractivity contribution in [1.29, 1.82) is 0 Å². The van der Waals surface area contributed by atoms with Crippen molar-refractivity contribution in [2.75, 3.05) is 11.9 Å². The van der Waals surface area contributed by atoms with E-state index >= 15 is 0 Å². The largest absolute Gasteiger partial charge is 0.488 e. The van der Waals surface area contributed by atoms with Crippen molar-refractivity contribution in [1.82, 2.24) is 4.98 Å². The van der Waals surface area contributed by atoms with Crippen molar-refractivity contribution in [2.45, 2.75) is 25.4 Å². The van der Waals surface area contributed by atoms with Gasteiger partial charge in [-0.1, -0.05) is 0 Å². The minimum absolute atomic E-state index is 0.0102. The van der Waals surface area contributed by atoms with Gasteiger partial charge in [-0.15, -0.1) is 0 Å². The van der Waals surface area contributed by atoms with Gasteiger partial charge < -0.3 is 15.8 Å². The predicted molar refractivity (Wildman–Crippen MR) is 88.2 cm³/mol. The number of nitrogens with one attached hydrogen (secondary N) is 1. The molecule has 1 aromatic carbocycles. The molecule has 1 aromatic heterocycles. The van der Waals surface area contributed by atoms with Gasteiger partial charge in [-0.2, -0.15) is 0 Å². The molecular weight excluding hydrogens is 309 g/mol. The molecule has 1 unspecified atom stereocenters. The summed E-state index contributed by atoms with van der Waals surface area (Å²) < 4.78 is 19.8. The number of hydrogen-bond donors (Lipinski definition) is 2. The number of anilines is 1. The van der Waals surface area contributed by atoms with Crippen LogP contribution in [0.5, 0.6) is 5.75 Å². The number of ether oxygens (including phenoxy) is 1. The van der Waals surface area contributed by atoms with E-state index in [0.717, 1.165) is 24.0 Å². The van der Waals surface area contributed by atoms with Crippen molar-refractivity contribution in [2.24, 2.45) is 11.7 Å². The lowest BCUT2D eigenvalue weighted by Crippen LogP contribution is -2.24. The standard InChI is InChI=1S/C18H18FN3O2/c19-13-5-12-6-14(8-20)24-17(12)15(7-13)11-3-4-16(21-9-11)22-18(23)10-1-2-10/h3-5,7,9-10,14H,1-2,6,8,20H2,(H,21,22,23). The number of amides is 1. The molecule has 0 bridgehead atoms. The number of carbonyl (C=O) groups excluding carboxylic acids is 1. The third-order valence-corrected chi connectivity index (χ3v) is 4.40. The van der Waals surface area contributed by atoms with Gasteiger partial charge in [0, 0.05) is 41.8 Å². The van der Waals surface area contributed by atoms with Gasteiger partial charge in [0.15, 0.2) is 0 Å². The number of nitrogens with zero attached hydrogens (tertiary/aromatic N) is 1. The number of nitrogens with two attached hydrogens (primary N) is 1. The first-order valence-electron chi connectivity index (χ1n) is 8.10. The van der Waals surface area contributed by atoms with E-state index in [1.54, 1.807) is 12.3 Å². The molecule has 24 heavy (non-hydrogen) atoms. The van der Waals surface area contributed by atoms with Crippen LogP contribution in [0.3, 0.4) is 0 Å². The first kappa shape index (κ1) is 15.1. The molecule has 5 nitrogen and oxygen atoms in total. The fraction of sp³-hybridized carbons (Fsp3) is 0.333. The third-order valence-electron chi connectivity index (χ3n) is 4.40. The van der Waals surface area contributed by atoms with Crippen LogP contribution in [-0.4, -0.2) is 23.5 Å². The summed E-state index contributed by atoms with van der Waals surface area (Å²) in [5.41, 5.74) is 7.89. The summed E-state index contributed by atoms with van der Waals surface area (Å²) >= 11 is 0. The molecule has 1 fully saturated rings. The second-order valence-electron chi connectivity index (χ2n) is 6.32. The summed E-state index contributed by atoms with van der Waals surface area (Å²) in [5, 5.41) is 2.79. The van der Waals surface area contributed by atoms with Gasteiger partial charge in [-0.25, -0.2) is 9.37 Å². The van der Waals surface area contributed by atoms with E-state index in [9.17, 15) is 9.18 Å². The third kappa shape index (κ3) is 2.85. The van der Waals surface area contributed by atoms with Crippen LogP contribution < -0.4 is 15.8 Å². The SMILES string of the molecule is NCC1Cc2cc(F)cc(-c3ccc(NC(=O)C4CC4)nc3)c2O1. The maximum atomic E-state index is 13.9. The van der Waals surface area contributed by atoms with E-state index < -0.39 is 0 Å². The van der Waals surface area contributed by atoms with Crippen LogP contribution in [0.1, 0.15) is 18.4 Å². The summed E-state index contributed by atoms with van der Waals surface area (Å²) in [4.78, 5) is 16.0. The highest BCUT2D eigenvalue weighted by Crippen LogP contribution is 2.39. The number of benzene rings is 1. The van der Waals surface area contributed by atoms with Crippen LogP contribution in [0.4, 0.5) is 10.2 Å². The van der Waals surface area contributed by atoms with Gasteiger partial charge in [-0.05, 0) is 37.1 Å². The Balaban J connectivity index is 1.61. The number of aromatic nitrogens is 1. The lowest BCUT2D eigenvalue weighted by atomic mass is 10.0. The quantitative estimate of drug-likeness (QED) is 0.904. The molecule has 0 spiro atoms. The number of rotatable bonds is 4. The number of carbonyl (C=O) groups is 1. The van der Waals surface area contributed by atoms with Crippen molar-refractivity contribution in [3.63, 3.8) is 0 Å². The van der Waals surface area contributed by atoms with Crippen LogP contribution in [0.15, 0.2) is 30.5 Å². The fourth-order valence-corrected chi connectivity index (χ4v) is 2.94. The Morgan fingerprint density at radius 1 is 1.38 bits per heavy atom. The van der Waals surface area contributed by atoms with Crippen molar-refractivity contribution in [3.05, 3.63) is 41.8 Å². The summed E-state index contributed by atoms with van der Waals surface area (Å²) in [6, 6.07) is 6.47. The van der Waals surface area contributed by atoms with Crippen LogP contribution in [0.2, 0.25) is 0 Å². The highest BCUT2D eigenvalue weighted by molar-refractivity contribution is 5.93. The van der Waals surface area contributed by atoms with E-state index in [1.165, 1.54) is 12.1 Å². The Morgan fingerprint density at radius 2 is 2.21 bits per heavy atom. The molecule has 1 saturated carbocycles. The molecule has 1 aliphatic heterocycles. The first-order chi connectivity index (χ1) is 11.6. The van der Waals surface area contributed by atoms with Crippen LogP contribution in [0.25, 0.3) is 11.1 Å². The lowest BCUT2D eigenvalue weighted by Gasteiger charge is -2.11. The number of halogens is 1. The Kier molecular flexibility index (Phi) is 3.69. The lowest BCUT2D eigenvalue weighted by molar-refractivity contribution is -0.117. The van der Waals surface area contributed by atoms with Gasteiger partial charge in [0.2, 0.25) is 5.91 Å². The molecule has 0 saturated heterocycles. The van der Waals surface area contributed by atoms with E-state index in [1.807, 2.05) is 6.07 Å². The molecular formula is C18H18FN3O2. The Labute approximate surface area is 139 Å². The van der Waals surface area contributed by atoms with E-state index in [2.05, 4.69) is 10.3 Å². The van der Waals surface area contributed by atoms with Gasteiger partial charge in [0.05, 0.1) is 0 Å². The molecule has 6 heteroatoms. The molecule has 124 valence electrons. The number of hydrogen-bond acceptors (Lipinski definition) is 4. The van der Waals surface area contributed by atoms with Crippen LogP contribution in [-0.2, 0) is 11.2 Å². The second-order valence-corrected chi connectivity index (χ2v) is 6.32. The molecule has 2 heterocycles. The van der Waals surface area contributed by atoms with Crippen molar-refractivity contribution in [3.8, 4) is 16.9 Å². The van der Waals surface area contributed by atoms with E-state index in [-0.39, 0.29) is 23.7 Å². The molecule has 3 N–H and O–H groups in total. The normalized spacial score (nSPS) is 18.8. The zero-order chi connectivity index (χ0) is 16.7. The monoisotopic (exact) mass is 327 g/mol.